The number of likely N-dealkylation sites (tertiary alicyclic amines) is 1. The van der Waals surface area contributed by atoms with Crippen molar-refractivity contribution in [2.24, 2.45) is 5.92 Å². The number of fused-ring (bicyclic) bond motifs is 1. The summed E-state index contributed by atoms with van der Waals surface area (Å²) in [5.41, 5.74) is 1.07. The molecule has 1 aliphatic carbocycles. The van der Waals surface area contributed by atoms with E-state index in [0.717, 1.165) is 62.6 Å². The first-order chi connectivity index (χ1) is 14.9. The molecule has 4 rings (SSSR count). The van der Waals surface area contributed by atoms with Crippen LogP contribution in [-0.2, 0) is 4.79 Å². The van der Waals surface area contributed by atoms with Gasteiger partial charge < -0.3 is 9.88 Å². The number of nitriles is 1. The molecule has 1 N–H and O–H groups in total. The van der Waals surface area contributed by atoms with E-state index in [1.165, 1.54) is 0 Å². The zero-order chi connectivity index (χ0) is 22.2. The highest BCUT2D eigenvalue weighted by Gasteiger charge is 2.42. The molecule has 166 valence electrons. The molecule has 0 spiro atoms. The Kier molecular flexibility index (Phi) is 5.94. The molecule has 1 aromatic carbocycles. The second kappa shape index (κ2) is 8.51. The normalized spacial score (nSPS) is 26.5. The second-order valence-corrected chi connectivity index (χ2v) is 9.48. The summed E-state index contributed by atoms with van der Waals surface area (Å²) in [7, 11) is 1.80. The van der Waals surface area contributed by atoms with Crippen LogP contribution in [0.4, 0.5) is 0 Å². The van der Waals surface area contributed by atoms with Crippen molar-refractivity contribution in [3.8, 4) is 6.07 Å². The Morgan fingerprint density at radius 2 is 1.87 bits per heavy atom. The third kappa shape index (κ3) is 3.89. The first kappa shape index (κ1) is 21.6. The summed E-state index contributed by atoms with van der Waals surface area (Å²) in [6.45, 7) is 5.68. The van der Waals surface area contributed by atoms with Crippen LogP contribution in [0.5, 0.6) is 0 Å². The third-order valence-electron chi connectivity index (χ3n) is 7.68. The van der Waals surface area contributed by atoms with Gasteiger partial charge >= 0.3 is 5.69 Å². The minimum atomic E-state index is -0.673. The molecule has 1 saturated carbocycles. The fourth-order valence-corrected chi connectivity index (χ4v) is 5.38. The van der Waals surface area contributed by atoms with Crippen LogP contribution in [0.2, 0.25) is 0 Å². The molecule has 1 aliphatic heterocycles. The highest BCUT2D eigenvalue weighted by molar-refractivity contribution is 5.82. The number of nitrogens with zero attached hydrogens (tertiary/aromatic N) is 4. The Labute approximate surface area is 183 Å². The van der Waals surface area contributed by atoms with Crippen molar-refractivity contribution in [2.45, 2.75) is 70.0 Å². The number of carbonyl (C=O) groups is 1. The average molecular weight is 424 g/mol. The number of likely N-dealkylation sites (N-methyl/N-ethyl adjacent to an activating group) is 1. The van der Waals surface area contributed by atoms with Crippen molar-refractivity contribution in [1.29, 1.82) is 5.26 Å². The van der Waals surface area contributed by atoms with Crippen molar-refractivity contribution in [3.05, 3.63) is 34.7 Å². The smallest absolute Gasteiger partial charge is 0.326 e. The third-order valence-corrected chi connectivity index (χ3v) is 7.68. The second-order valence-electron chi connectivity index (χ2n) is 9.48. The number of amides is 1. The van der Waals surface area contributed by atoms with E-state index < -0.39 is 5.54 Å². The summed E-state index contributed by atoms with van der Waals surface area (Å²) in [6, 6.07) is 10.1. The predicted octanol–water partition coefficient (Wildman–Crippen LogP) is 3.29. The number of rotatable bonds is 4. The molecule has 31 heavy (non-hydrogen) atoms. The van der Waals surface area contributed by atoms with Gasteiger partial charge in [-0.1, -0.05) is 19.1 Å². The van der Waals surface area contributed by atoms with Crippen LogP contribution in [0.1, 0.15) is 58.4 Å². The highest BCUT2D eigenvalue weighted by atomic mass is 16.2. The Morgan fingerprint density at radius 3 is 2.52 bits per heavy atom. The van der Waals surface area contributed by atoms with E-state index in [-0.39, 0.29) is 23.7 Å². The molecule has 2 aromatic rings. The first-order valence-corrected chi connectivity index (χ1v) is 11.5. The van der Waals surface area contributed by atoms with E-state index in [1.807, 2.05) is 35.8 Å². The van der Waals surface area contributed by atoms with Crippen molar-refractivity contribution >= 4 is 16.9 Å². The van der Waals surface area contributed by atoms with Gasteiger partial charge in [-0.05, 0) is 63.5 Å². The van der Waals surface area contributed by atoms with E-state index in [0.29, 0.717) is 5.92 Å². The quantitative estimate of drug-likeness (QED) is 0.818. The van der Waals surface area contributed by atoms with E-state index in [9.17, 15) is 14.9 Å². The van der Waals surface area contributed by atoms with Gasteiger partial charge in [-0.25, -0.2) is 4.79 Å². The van der Waals surface area contributed by atoms with Crippen molar-refractivity contribution in [2.75, 3.05) is 20.1 Å². The van der Waals surface area contributed by atoms with Crippen LogP contribution in [-0.4, -0.2) is 57.0 Å². The maximum Gasteiger partial charge on any atom is 0.326 e. The summed E-state index contributed by atoms with van der Waals surface area (Å²) in [5, 5.41) is 9.90. The van der Waals surface area contributed by atoms with Crippen LogP contribution < -0.4 is 5.69 Å². The lowest BCUT2D eigenvalue weighted by atomic mass is 9.77. The molecule has 7 heteroatoms. The summed E-state index contributed by atoms with van der Waals surface area (Å²) in [5.74, 6) is 0.646. The summed E-state index contributed by atoms with van der Waals surface area (Å²) >= 11 is 0. The van der Waals surface area contributed by atoms with Gasteiger partial charge in [0.05, 0.1) is 23.1 Å². The topological polar surface area (TPSA) is 85.1 Å². The zero-order valence-electron chi connectivity index (χ0n) is 18.8. The van der Waals surface area contributed by atoms with Crippen LogP contribution in [0.3, 0.4) is 0 Å². The molecule has 2 fully saturated rings. The average Bonchev–Trinajstić information content (AvgIpc) is 3.14. The van der Waals surface area contributed by atoms with Crippen LogP contribution in [0.25, 0.3) is 11.0 Å². The van der Waals surface area contributed by atoms with Gasteiger partial charge in [0.15, 0.2) is 0 Å². The molecule has 1 saturated heterocycles. The van der Waals surface area contributed by atoms with E-state index in [1.54, 1.807) is 11.9 Å². The van der Waals surface area contributed by atoms with E-state index >= 15 is 0 Å². The van der Waals surface area contributed by atoms with Gasteiger partial charge in [-0.15, -0.1) is 0 Å². The lowest BCUT2D eigenvalue weighted by molar-refractivity contribution is -0.141. The minimum absolute atomic E-state index is 0.0267. The van der Waals surface area contributed by atoms with Gasteiger partial charge in [0.25, 0.3) is 0 Å². The lowest BCUT2D eigenvalue weighted by Gasteiger charge is -2.44. The molecule has 7 nitrogen and oxygen atoms in total. The SMILES string of the molecule is CC1CCC(C#N)(N(C)C(=O)C(C)N2CCC(n3c(=O)[nH]c4ccccc43)CC2)CC1. The Morgan fingerprint density at radius 1 is 1.23 bits per heavy atom. The summed E-state index contributed by atoms with van der Waals surface area (Å²) < 4.78 is 1.87. The lowest BCUT2D eigenvalue weighted by Crippen LogP contribution is -2.57. The fourth-order valence-electron chi connectivity index (χ4n) is 5.38. The van der Waals surface area contributed by atoms with Gasteiger partial charge in [-0.3, -0.25) is 14.3 Å². The molecule has 0 bridgehead atoms. The first-order valence-electron chi connectivity index (χ1n) is 11.5. The minimum Gasteiger partial charge on any atom is -0.326 e. The number of H-pyrrole nitrogens is 1. The molecule has 1 amide bonds. The number of aromatic amines is 1. The van der Waals surface area contributed by atoms with Crippen LogP contribution >= 0.6 is 0 Å². The highest BCUT2D eigenvalue weighted by Crippen LogP contribution is 2.36. The number of para-hydroxylation sites is 2. The molecule has 1 aromatic heterocycles. The number of hydrogen-bond acceptors (Lipinski definition) is 4. The van der Waals surface area contributed by atoms with Crippen LogP contribution in [0, 0.1) is 17.2 Å². The molecular formula is C24H33N5O2. The number of aromatic nitrogens is 2. The monoisotopic (exact) mass is 423 g/mol. The zero-order valence-corrected chi connectivity index (χ0v) is 18.8. The van der Waals surface area contributed by atoms with Crippen molar-refractivity contribution in [3.63, 3.8) is 0 Å². The van der Waals surface area contributed by atoms with E-state index in [2.05, 4.69) is 22.9 Å². The van der Waals surface area contributed by atoms with Crippen molar-refractivity contribution in [1.82, 2.24) is 19.4 Å². The maximum absolute atomic E-state index is 13.3. The fraction of sp³-hybridized carbons (Fsp3) is 0.625. The molecule has 0 radical (unpaired) electrons. The Balaban J connectivity index is 1.42. The number of imidazole rings is 1. The van der Waals surface area contributed by atoms with Gasteiger partial charge in [-0.2, -0.15) is 5.26 Å². The molecule has 2 heterocycles. The summed E-state index contributed by atoms with van der Waals surface area (Å²) in [4.78, 5) is 32.7. The van der Waals surface area contributed by atoms with E-state index in [4.69, 9.17) is 0 Å². The number of nitrogens with one attached hydrogen (secondary N) is 1. The largest absolute Gasteiger partial charge is 0.326 e. The molecule has 2 aliphatic rings. The van der Waals surface area contributed by atoms with Gasteiger partial charge in [0, 0.05) is 26.2 Å². The molecule has 1 unspecified atom stereocenters. The van der Waals surface area contributed by atoms with Gasteiger partial charge in [0.1, 0.15) is 5.54 Å². The maximum atomic E-state index is 13.3. The van der Waals surface area contributed by atoms with Gasteiger partial charge in [0.2, 0.25) is 5.91 Å². The molecular weight excluding hydrogens is 390 g/mol. The summed E-state index contributed by atoms with van der Waals surface area (Å²) in [6.07, 6.45) is 5.14. The number of hydrogen-bond donors (Lipinski definition) is 1. The molecule has 1 atom stereocenters. The predicted molar refractivity (Wildman–Crippen MR) is 121 cm³/mol. The standard InChI is InChI=1S/C24H33N5O2/c1-17-8-12-24(16-25,13-9-17)27(3)22(30)18(2)28-14-10-19(11-15-28)29-21-7-5-4-6-20(21)26-23(29)31/h4-7,17-19H,8-15H2,1-3H3,(H,26,31). The number of carbonyl (C=O) groups excluding carboxylic acids is 1. The Bertz CT molecular complexity index is 1030. The Hall–Kier alpha value is -2.59. The van der Waals surface area contributed by atoms with Crippen LogP contribution in [0.15, 0.2) is 29.1 Å². The number of benzene rings is 1. The van der Waals surface area contributed by atoms with Crippen molar-refractivity contribution < 1.29 is 4.79 Å². The number of piperidine rings is 1.